The largest absolute Gasteiger partial charge is 0.279 e. The number of sulfonamides is 1. The van der Waals surface area contributed by atoms with Gasteiger partial charge in [0.15, 0.2) is 0 Å². The molecule has 0 aliphatic carbocycles. The van der Waals surface area contributed by atoms with Crippen LogP contribution in [-0.4, -0.2) is 13.3 Å². The van der Waals surface area contributed by atoms with E-state index in [4.69, 9.17) is 0 Å². The molecular formula is C15H16N2O4S. The Morgan fingerprint density at radius 2 is 1.77 bits per heavy atom. The van der Waals surface area contributed by atoms with E-state index < -0.39 is 14.9 Å². The molecule has 0 saturated carbocycles. The third-order valence-electron chi connectivity index (χ3n) is 3.32. The summed E-state index contributed by atoms with van der Waals surface area (Å²) in [5.41, 5.74) is 1.68. The van der Waals surface area contributed by atoms with Crippen LogP contribution in [0.3, 0.4) is 0 Å². The highest BCUT2D eigenvalue weighted by atomic mass is 32.2. The maximum absolute atomic E-state index is 12.4. The van der Waals surface area contributed by atoms with E-state index in [1.165, 1.54) is 30.3 Å². The number of rotatable bonds is 5. The molecule has 1 N–H and O–H groups in total. The number of anilines is 1. The molecule has 2 aromatic carbocycles. The number of hydrogen-bond acceptors (Lipinski definition) is 4. The van der Waals surface area contributed by atoms with E-state index in [9.17, 15) is 18.5 Å². The number of nitrogens with one attached hydrogen (secondary N) is 1. The molecule has 116 valence electrons. The molecule has 0 saturated heterocycles. The summed E-state index contributed by atoms with van der Waals surface area (Å²) >= 11 is 0. The number of nitro benzene ring substituents is 1. The minimum absolute atomic E-state index is 0.121. The van der Waals surface area contributed by atoms with Crippen molar-refractivity contribution in [3.63, 3.8) is 0 Å². The number of aryl methyl sites for hydroxylation is 2. The summed E-state index contributed by atoms with van der Waals surface area (Å²) in [6, 6.07) is 10.6. The fourth-order valence-electron chi connectivity index (χ4n) is 1.94. The molecule has 0 aliphatic heterocycles. The number of nitrogens with zero attached hydrogens (tertiary/aromatic N) is 1. The molecule has 0 aliphatic rings. The third-order valence-corrected chi connectivity index (χ3v) is 4.70. The lowest BCUT2D eigenvalue weighted by molar-refractivity contribution is -0.384. The van der Waals surface area contributed by atoms with Gasteiger partial charge in [-0.3, -0.25) is 14.8 Å². The zero-order valence-corrected chi connectivity index (χ0v) is 13.1. The molecule has 6 nitrogen and oxygen atoms in total. The Bertz CT molecular complexity index is 799. The van der Waals surface area contributed by atoms with E-state index in [0.29, 0.717) is 5.56 Å². The van der Waals surface area contributed by atoms with Crippen molar-refractivity contribution >= 4 is 21.4 Å². The van der Waals surface area contributed by atoms with Crippen LogP contribution >= 0.6 is 0 Å². The predicted molar refractivity (Wildman–Crippen MR) is 84.5 cm³/mol. The predicted octanol–water partition coefficient (Wildman–Crippen LogP) is 3.27. The van der Waals surface area contributed by atoms with Crippen LogP contribution < -0.4 is 4.72 Å². The van der Waals surface area contributed by atoms with Gasteiger partial charge in [-0.05, 0) is 36.6 Å². The highest BCUT2D eigenvalue weighted by molar-refractivity contribution is 7.92. The van der Waals surface area contributed by atoms with Gasteiger partial charge in [0, 0.05) is 12.1 Å². The Hall–Kier alpha value is -2.41. The first kappa shape index (κ1) is 16.0. The van der Waals surface area contributed by atoms with Gasteiger partial charge < -0.3 is 0 Å². The summed E-state index contributed by atoms with van der Waals surface area (Å²) < 4.78 is 27.1. The van der Waals surface area contributed by atoms with Crippen LogP contribution in [0.1, 0.15) is 18.1 Å². The summed E-state index contributed by atoms with van der Waals surface area (Å²) in [5, 5.41) is 10.8. The van der Waals surface area contributed by atoms with Crippen LogP contribution in [0.15, 0.2) is 47.4 Å². The van der Waals surface area contributed by atoms with Gasteiger partial charge in [-0.15, -0.1) is 0 Å². The molecule has 2 rings (SSSR count). The maximum Gasteiger partial charge on any atom is 0.271 e. The van der Waals surface area contributed by atoms with Gasteiger partial charge in [-0.1, -0.05) is 25.1 Å². The van der Waals surface area contributed by atoms with E-state index in [1.807, 2.05) is 6.92 Å². The SMILES string of the molecule is CCc1ccc(S(=O)(=O)Nc2cc([N+](=O)[O-])ccc2C)cc1. The Balaban J connectivity index is 2.35. The second-order valence-corrected chi connectivity index (χ2v) is 6.54. The Morgan fingerprint density at radius 1 is 1.14 bits per heavy atom. The monoisotopic (exact) mass is 320 g/mol. The molecule has 7 heteroatoms. The minimum atomic E-state index is -3.78. The lowest BCUT2D eigenvalue weighted by atomic mass is 10.2. The molecule has 0 radical (unpaired) electrons. The van der Waals surface area contributed by atoms with Gasteiger partial charge in [0.1, 0.15) is 0 Å². The van der Waals surface area contributed by atoms with E-state index >= 15 is 0 Å². The van der Waals surface area contributed by atoms with Crippen LogP contribution in [-0.2, 0) is 16.4 Å². The van der Waals surface area contributed by atoms with Crippen LogP contribution in [0.2, 0.25) is 0 Å². The molecule has 22 heavy (non-hydrogen) atoms. The first-order chi connectivity index (χ1) is 10.3. The van der Waals surface area contributed by atoms with E-state index in [2.05, 4.69) is 4.72 Å². The molecule has 0 amide bonds. The van der Waals surface area contributed by atoms with E-state index in [1.54, 1.807) is 19.1 Å². The van der Waals surface area contributed by atoms with Crippen molar-refractivity contribution in [1.82, 2.24) is 0 Å². The lowest BCUT2D eigenvalue weighted by Gasteiger charge is -2.10. The fraction of sp³-hybridized carbons (Fsp3) is 0.200. The highest BCUT2D eigenvalue weighted by Gasteiger charge is 2.17. The van der Waals surface area contributed by atoms with Crippen molar-refractivity contribution in [1.29, 1.82) is 0 Å². The smallest absolute Gasteiger partial charge is 0.271 e. The molecule has 0 unspecified atom stereocenters. The van der Waals surface area contributed by atoms with Crippen molar-refractivity contribution in [2.75, 3.05) is 4.72 Å². The summed E-state index contributed by atoms with van der Waals surface area (Å²) in [7, 11) is -3.78. The quantitative estimate of drug-likeness (QED) is 0.676. The van der Waals surface area contributed by atoms with E-state index in [-0.39, 0.29) is 16.3 Å². The molecule has 0 fully saturated rings. The van der Waals surface area contributed by atoms with Crippen LogP contribution in [0.25, 0.3) is 0 Å². The van der Waals surface area contributed by atoms with Gasteiger partial charge in [0.05, 0.1) is 15.5 Å². The Kier molecular flexibility index (Phi) is 4.46. The maximum atomic E-state index is 12.4. The molecule has 0 bridgehead atoms. The molecule has 0 spiro atoms. The number of non-ortho nitro benzene ring substituents is 1. The van der Waals surface area contributed by atoms with E-state index in [0.717, 1.165) is 12.0 Å². The summed E-state index contributed by atoms with van der Waals surface area (Å²) in [6.07, 6.45) is 0.817. The van der Waals surface area contributed by atoms with Crippen molar-refractivity contribution in [3.05, 3.63) is 63.7 Å². The highest BCUT2D eigenvalue weighted by Crippen LogP contribution is 2.24. The molecule has 0 aromatic heterocycles. The zero-order chi connectivity index (χ0) is 16.3. The van der Waals surface area contributed by atoms with Crippen molar-refractivity contribution in [2.24, 2.45) is 0 Å². The average molecular weight is 320 g/mol. The average Bonchev–Trinajstić information content (AvgIpc) is 2.49. The van der Waals surface area contributed by atoms with Gasteiger partial charge in [0.25, 0.3) is 15.7 Å². The van der Waals surface area contributed by atoms with Crippen molar-refractivity contribution in [2.45, 2.75) is 25.2 Å². The van der Waals surface area contributed by atoms with Gasteiger partial charge >= 0.3 is 0 Å². The van der Waals surface area contributed by atoms with Gasteiger partial charge in [-0.2, -0.15) is 0 Å². The second-order valence-electron chi connectivity index (χ2n) is 4.86. The lowest BCUT2D eigenvalue weighted by Crippen LogP contribution is -2.14. The molecule has 0 heterocycles. The van der Waals surface area contributed by atoms with Gasteiger partial charge in [-0.25, -0.2) is 8.42 Å². The number of nitro groups is 1. The normalized spacial score (nSPS) is 11.2. The second kappa shape index (κ2) is 6.15. The van der Waals surface area contributed by atoms with Gasteiger partial charge in [0.2, 0.25) is 0 Å². The van der Waals surface area contributed by atoms with Crippen LogP contribution in [0.5, 0.6) is 0 Å². The van der Waals surface area contributed by atoms with Crippen molar-refractivity contribution in [3.8, 4) is 0 Å². The van der Waals surface area contributed by atoms with Crippen LogP contribution in [0.4, 0.5) is 11.4 Å². The first-order valence-electron chi connectivity index (χ1n) is 6.70. The molecule has 2 aromatic rings. The van der Waals surface area contributed by atoms with Crippen molar-refractivity contribution < 1.29 is 13.3 Å². The fourth-order valence-corrected chi connectivity index (χ4v) is 3.06. The summed E-state index contributed by atoms with van der Waals surface area (Å²) in [5.74, 6) is 0. The summed E-state index contributed by atoms with van der Waals surface area (Å²) in [4.78, 5) is 10.4. The Morgan fingerprint density at radius 3 is 2.32 bits per heavy atom. The zero-order valence-electron chi connectivity index (χ0n) is 12.2. The standard InChI is InChI=1S/C15H16N2O4S/c1-3-12-5-8-14(9-6-12)22(20,21)16-15-10-13(17(18)19)7-4-11(15)2/h4-10,16H,3H2,1-2H3. The molecular weight excluding hydrogens is 304 g/mol. The minimum Gasteiger partial charge on any atom is -0.279 e. The number of benzene rings is 2. The summed E-state index contributed by atoms with van der Waals surface area (Å²) in [6.45, 7) is 3.66. The Labute approximate surface area is 129 Å². The van der Waals surface area contributed by atoms with Crippen LogP contribution in [0, 0.1) is 17.0 Å². The third kappa shape index (κ3) is 3.43. The molecule has 0 atom stereocenters. The first-order valence-corrected chi connectivity index (χ1v) is 8.18. The number of hydrogen-bond donors (Lipinski definition) is 1. The topological polar surface area (TPSA) is 89.3 Å².